The first-order valence-corrected chi connectivity index (χ1v) is 7.79. The highest BCUT2D eigenvalue weighted by Gasteiger charge is 2.39. The summed E-state index contributed by atoms with van der Waals surface area (Å²) in [6.45, 7) is 3.78. The van der Waals surface area contributed by atoms with Crippen LogP contribution in [0, 0.1) is 0 Å². The van der Waals surface area contributed by atoms with E-state index in [0.717, 1.165) is 5.69 Å². The van der Waals surface area contributed by atoms with Crippen LogP contribution >= 0.6 is 0 Å². The number of phenols is 1. The van der Waals surface area contributed by atoms with Gasteiger partial charge in [0.2, 0.25) is 5.91 Å². The maximum absolute atomic E-state index is 12.7. The molecule has 22 heavy (non-hydrogen) atoms. The number of hydrogen-bond acceptors (Lipinski definition) is 5. The standard InChI is InChI=1S/C16H23N3O3/c17-16(5-11-22-12-6-16)15(21)19-9-7-18(8-10-19)13-3-1-2-4-14(13)20/h1-4,20H,5-12,17H2. The van der Waals surface area contributed by atoms with Crippen LogP contribution in [0.5, 0.6) is 5.75 Å². The Bertz CT molecular complexity index is 535. The number of ether oxygens (including phenoxy) is 1. The molecule has 2 fully saturated rings. The molecule has 3 rings (SSSR count). The number of hydrogen-bond donors (Lipinski definition) is 2. The molecule has 0 saturated carbocycles. The number of nitrogens with two attached hydrogens (primary N) is 1. The molecule has 0 unspecified atom stereocenters. The Labute approximate surface area is 130 Å². The van der Waals surface area contributed by atoms with Crippen molar-refractivity contribution in [2.24, 2.45) is 5.73 Å². The Kier molecular flexibility index (Phi) is 4.22. The van der Waals surface area contributed by atoms with E-state index in [0.29, 0.717) is 52.2 Å². The lowest BCUT2D eigenvalue weighted by molar-refractivity contribution is -0.140. The molecule has 2 aliphatic rings. The van der Waals surface area contributed by atoms with Gasteiger partial charge in [0.15, 0.2) is 0 Å². The van der Waals surface area contributed by atoms with Crippen LogP contribution in [-0.4, -0.2) is 60.8 Å². The van der Waals surface area contributed by atoms with Crippen molar-refractivity contribution >= 4 is 11.6 Å². The molecule has 1 amide bonds. The molecule has 2 saturated heterocycles. The third kappa shape index (κ3) is 2.89. The van der Waals surface area contributed by atoms with Gasteiger partial charge in [-0.05, 0) is 25.0 Å². The number of rotatable bonds is 2. The van der Waals surface area contributed by atoms with Crippen molar-refractivity contribution in [3.63, 3.8) is 0 Å². The number of carbonyl (C=O) groups is 1. The van der Waals surface area contributed by atoms with Crippen LogP contribution in [0.4, 0.5) is 5.69 Å². The van der Waals surface area contributed by atoms with E-state index in [-0.39, 0.29) is 11.7 Å². The van der Waals surface area contributed by atoms with Crippen molar-refractivity contribution in [3.05, 3.63) is 24.3 Å². The molecule has 120 valence electrons. The molecule has 0 aromatic heterocycles. The average molecular weight is 305 g/mol. The van der Waals surface area contributed by atoms with Gasteiger partial charge in [0, 0.05) is 39.4 Å². The zero-order valence-corrected chi connectivity index (χ0v) is 12.7. The second-order valence-electron chi connectivity index (χ2n) is 6.04. The minimum absolute atomic E-state index is 0.0349. The molecular weight excluding hydrogens is 282 g/mol. The molecule has 0 spiro atoms. The topological polar surface area (TPSA) is 79.0 Å². The molecule has 0 atom stereocenters. The minimum Gasteiger partial charge on any atom is -0.506 e. The van der Waals surface area contributed by atoms with Gasteiger partial charge in [0.25, 0.3) is 0 Å². The predicted octanol–water partition coefficient (Wildman–Crippen LogP) is 0.549. The highest BCUT2D eigenvalue weighted by atomic mass is 16.5. The Morgan fingerprint density at radius 3 is 2.41 bits per heavy atom. The SMILES string of the molecule is NC1(C(=O)N2CCN(c3ccccc3O)CC2)CCOCC1. The zero-order chi connectivity index (χ0) is 15.6. The monoisotopic (exact) mass is 305 g/mol. The fourth-order valence-electron chi connectivity index (χ4n) is 3.15. The van der Waals surface area contributed by atoms with Gasteiger partial charge in [0.1, 0.15) is 5.75 Å². The number of phenolic OH excluding ortho intramolecular Hbond substituents is 1. The molecular formula is C16H23N3O3. The second-order valence-corrected chi connectivity index (χ2v) is 6.04. The summed E-state index contributed by atoms with van der Waals surface area (Å²) in [6, 6.07) is 7.30. The smallest absolute Gasteiger partial charge is 0.242 e. The summed E-state index contributed by atoms with van der Waals surface area (Å²) in [4.78, 5) is 16.6. The third-order valence-electron chi connectivity index (χ3n) is 4.60. The van der Waals surface area contributed by atoms with E-state index in [1.807, 2.05) is 23.1 Å². The van der Waals surface area contributed by atoms with Gasteiger partial charge in [-0.25, -0.2) is 0 Å². The number of piperazine rings is 1. The lowest BCUT2D eigenvalue weighted by Gasteiger charge is -2.41. The van der Waals surface area contributed by atoms with Gasteiger partial charge in [0.05, 0.1) is 11.2 Å². The predicted molar refractivity (Wildman–Crippen MR) is 83.9 cm³/mol. The summed E-state index contributed by atoms with van der Waals surface area (Å²) >= 11 is 0. The molecule has 6 heteroatoms. The Morgan fingerprint density at radius 2 is 1.77 bits per heavy atom. The summed E-state index contributed by atoms with van der Waals surface area (Å²) in [5.74, 6) is 0.315. The summed E-state index contributed by atoms with van der Waals surface area (Å²) < 4.78 is 5.30. The van der Waals surface area contributed by atoms with Crippen LogP contribution in [0.2, 0.25) is 0 Å². The maximum atomic E-state index is 12.7. The molecule has 6 nitrogen and oxygen atoms in total. The zero-order valence-electron chi connectivity index (χ0n) is 12.7. The number of carbonyl (C=O) groups excluding carboxylic acids is 1. The summed E-state index contributed by atoms with van der Waals surface area (Å²) in [5.41, 5.74) is 6.33. The van der Waals surface area contributed by atoms with E-state index in [2.05, 4.69) is 4.90 Å². The van der Waals surface area contributed by atoms with E-state index in [1.165, 1.54) is 0 Å². The van der Waals surface area contributed by atoms with Crippen LogP contribution in [0.25, 0.3) is 0 Å². The third-order valence-corrected chi connectivity index (χ3v) is 4.60. The molecule has 0 aliphatic carbocycles. The van der Waals surface area contributed by atoms with Gasteiger partial charge >= 0.3 is 0 Å². The normalized spacial score (nSPS) is 21.7. The average Bonchev–Trinajstić information content (AvgIpc) is 2.55. The van der Waals surface area contributed by atoms with E-state index in [1.54, 1.807) is 6.07 Å². The first-order valence-electron chi connectivity index (χ1n) is 7.79. The quantitative estimate of drug-likeness (QED) is 0.834. The fraction of sp³-hybridized carbons (Fsp3) is 0.562. The highest BCUT2D eigenvalue weighted by Crippen LogP contribution is 2.28. The summed E-state index contributed by atoms with van der Waals surface area (Å²) in [5, 5.41) is 9.93. The Balaban J connectivity index is 1.62. The Hall–Kier alpha value is -1.79. The van der Waals surface area contributed by atoms with Crippen molar-refractivity contribution in [2.45, 2.75) is 18.4 Å². The Morgan fingerprint density at radius 1 is 1.14 bits per heavy atom. The number of aromatic hydroxyl groups is 1. The molecule has 0 radical (unpaired) electrons. The fourth-order valence-corrected chi connectivity index (χ4v) is 3.15. The van der Waals surface area contributed by atoms with E-state index < -0.39 is 5.54 Å². The van der Waals surface area contributed by atoms with Gasteiger partial charge < -0.3 is 25.4 Å². The molecule has 2 heterocycles. The van der Waals surface area contributed by atoms with Gasteiger partial charge in [-0.3, -0.25) is 4.79 Å². The van der Waals surface area contributed by atoms with Crippen molar-refractivity contribution in [1.29, 1.82) is 0 Å². The number of amides is 1. The lowest BCUT2D eigenvalue weighted by Crippen LogP contribution is -2.61. The number of benzene rings is 1. The van der Waals surface area contributed by atoms with Crippen LogP contribution in [-0.2, 0) is 9.53 Å². The maximum Gasteiger partial charge on any atom is 0.242 e. The largest absolute Gasteiger partial charge is 0.506 e. The molecule has 1 aromatic rings. The minimum atomic E-state index is -0.769. The van der Waals surface area contributed by atoms with Gasteiger partial charge in [-0.2, -0.15) is 0 Å². The van der Waals surface area contributed by atoms with E-state index in [4.69, 9.17) is 10.5 Å². The van der Waals surface area contributed by atoms with Crippen molar-refractivity contribution in [2.75, 3.05) is 44.3 Å². The van der Waals surface area contributed by atoms with Crippen LogP contribution in [0.15, 0.2) is 24.3 Å². The highest BCUT2D eigenvalue weighted by molar-refractivity contribution is 5.86. The van der Waals surface area contributed by atoms with Gasteiger partial charge in [-0.1, -0.05) is 12.1 Å². The van der Waals surface area contributed by atoms with E-state index >= 15 is 0 Å². The first kappa shape index (κ1) is 15.1. The van der Waals surface area contributed by atoms with Crippen molar-refractivity contribution in [3.8, 4) is 5.75 Å². The van der Waals surface area contributed by atoms with Crippen LogP contribution in [0.3, 0.4) is 0 Å². The number of nitrogens with zero attached hydrogens (tertiary/aromatic N) is 2. The lowest BCUT2D eigenvalue weighted by atomic mass is 9.89. The number of para-hydroxylation sites is 2. The van der Waals surface area contributed by atoms with Crippen LogP contribution in [0.1, 0.15) is 12.8 Å². The first-order chi connectivity index (χ1) is 10.6. The van der Waals surface area contributed by atoms with Gasteiger partial charge in [-0.15, -0.1) is 0 Å². The summed E-state index contributed by atoms with van der Waals surface area (Å²) in [6.07, 6.45) is 1.18. The molecule has 2 aliphatic heterocycles. The summed E-state index contributed by atoms with van der Waals surface area (Å²) in [7, 11) is 0. The van der Waals surface area contributed by atoms with Crippen LogP contribution < -0.4 is 10.6 Å². The van der Waals surface area contributed by atoms with Crippen molar-refractivity contribution < 1.29 is 14.6 Å². The van der Waals surface area contributed by atoms with E-state index in [9.17, 15) is 9.90 Å². The number of anilines is 1. The molecule has 1 aromatic carbocycles. The molecule has 0 bridgehead atoms. The van der Waals surface area contributed by atoms with Crippen molar-refractivity contribution in [1.82, 2.24) is 4.90 Å². The molecule has 3 N–H and O–H groups in total. The second kappa shape index (κ2) is 6.14.